The molecule has 4 aromatic rings. The Hall–Kier alpha value is -4.66. The second-order valence-corrected chi connectivity index (χ2v) is 8.86. The van der Waals surface area contributed by atoms with Gasteiger partial charge in [-0.3, -0.25) is 9.59 Å². The number of rotatable bonds is 8. The van der Waals surface area contributed by atoms with Crippen molar-refractivity contribution in [3.05, 3.63) is 123 Å². The average Bonchev–Trinajstić information content (AvgIpc) is 2.94. The third-order valence-electron chi connectivity index (χ3n) is 5.36. The summed E-state index contributed by atoms with van der Waals surface area (Å²) >= 11 is 12.0. The fourth-order valence-corrected chi connectivity index (χ4v) is 3.91. The third kappa shape index (κ3) is 7.22. The van der Waals surface area contributed by atoms with Crippen molar-refractivity contribution >= 4 is 52.9 Å². The smallest absolute Gasteiger partial charge is 0.345 e. The molecule has 2 N–H and O–H groups in total. The number of anilines is 1. The second kappa shape index (κ2) is 12.7. The maximum Gasteiger partial charge on any atom is 0.345 e. The first-order valence-electron chi connectivity index (χ1n) is 11.5. The second-order valence-electron chi connectivity index (χ2n) is 8.02. The van der Waals surface area contributed by atoms with Gasteiger partial charge in [0, 0.05) is 27.4 Å². The fourth-order valence-electron chi connectivity index (χ4n) is 3.42. The Morgan fingerprint density at radius 1 is 0.821 bits per heavy atom. The van der Waals surface area contributed by atoms with E-state index in [1.54, 1.807) is 66.7 Å². The highest BCUT2D eigenvalue weighted by Crippen LogP contribution is 2.24. The van der Waals surface area contributed by atoms with Crippen molar-refractivity contribution in [2.45, 2.75) is 0 Å². The molecule has 196 valence electrons. The van der Waals surface area contributed by atoms with Gasteiger partial charge in [-0.15, -0.1) is 0 Å². The number of carbonyl (C=O) groups is 3. The van der Waals surface area contributed by atoms with Crippen LogP contribution in [0.4, 0.5) is 5.69 Å². The number of hydrazone groups is 1. The molecule has 0 unspecified atom stereocenters. The minimum absolute atomic E-state index is 0.152. The van der Waals surface area contributed by atoms with Crippen LogP contribution in [0.15, 0.2) is 96.1 Å². The monoisotopic (exact) mass is 561 g/mol. The van der Waals surface area contributed by atoms with Crippen LogP contribution in [0.3, 0.4) is 0 Å². The number of hydrogen-bond donors (Lipinski definition) is 2. The van der Waals surface area contributed by atoms with E-state index in [-0.39, 0.29) is 27.8 Å². The van der Waals surface area contributed by atoms with Crippen molar-refractivity contribution in [1.29, 1.82) is 0 Å². The quantitative estimate of drug-likeness (QED) is 0.115. The molecule has 0 aliphatic carbocycles. The van der Waals surface area contributed by atoms with Gasteiger partial charge in [0.2, 0.25) is 0 Å². The summed E-state index contributed by atoms with van der Waals surface area (Å²) in [5, 5.41) is 7.29. The Morgan fingerprint density at radius 3 is 2.33 bits per heavy atom. The molecule has 0 bridgehead atoms. The van der Waals surface area contributed by atoms with E-state index in [0.29, 0.717) is 27.6 Å². The molecule has 39 heavy (non-hydrogen) atoms. The predicted molar refractivity (Wildman–Crippen MR) is 150 cm³/mol. The first-order valence-corrected chi connectivity index (χ1v) is 12.2. The lowest BCUT2D eigenvalue weighted by Gasteiger charge is -2.09. The van der Waals surface area contributed by atoms with Gasteiger partial charge >= 0.3 is 5.97 Å². The van der Waals surface area contributed by atoms with E-state index < -0.39 is 11.9 Å². The molecule has 4 aromatic carbocycles. The number of halogens is 2. The Balaban J connectivity index is 1.41. The first kappa shape index (κ1) is 27.4. The SMILES string of the molecule is COc1cccc(C(=O)Nc2cccc(C(=O)NN=Cc3ccccc3OC(=O)c3ccc(Cl)cc3Cl)c2)c1. The summed E-state index contributed by atoms with van der Waals surface area (Å²) in [4.78, 5) is 37.9. The summed E-state index contributed by atoms with van der Waals surface area (Å²) in [5.41, 5.74) is 4.13. The zero-order chi connectivity index (χ0) is 27.8. The molecule has 10 heteroatoms. The molecule has 2 amide bonds. The standard InChI is InChI=1S/C29H21Cl2N3O5/c1-38-23-10-5-8-19(15-23)27(35)33-22-9-4-7-18(14-22)28(36)34-32-17-20-6-2-3-11-26(20)39-29(37)24-13-12-21(30)16-25(24)31/h2-17H,1H3,(H,33,35)(H,34,36). The largest absolute Gasteiger partial charge is 0.497 e. The molecule has 0 saturated heterocycles. The summed E-state index contributed by atoms with van der Waals surface area (Å²) in [6, 6.07) is 24.2. The molecular weight excluding hydrogens is 541 g/mol. The number of hydrogen-bond acceptors (Lipinski definition) is 6. The predicted octanol–water partition coefficient (Wildman–Crippen LogP) is 6.24. The van der Waals surface area contributed by atoms with E-state index in [4.69, 9.17) is 32.7 Å². The van der Waals surface area contributed by atoms with E-state index >= 15 is 0 Å². The lowest BCUT2D eigenvalue weighted by atomic mass is 10.1. The van der Waals surface area contributed by atoms with Gasteiger partial charge in [0.1, 0.15) is 11.5 Å². The zero-order valence-corrected chi connectivity index (χ0v) is 22.0. The number of esters is 1. The van der Waals surface area contributed by atoms with Gasteiger partial charge in [-0.2, -0.15) is 5.10 Å². The highest BCUT2D eigenvalue weighted by molar-refractivity contribution is 6.36. The Labute approximate surface area is 234 Å². The number of nitrogens with one attached hydrogen (secondary N) is 2. The molecule has 8 nitrogen and oxygen atoms in total. The van der Waals surface area contributed by atoms with Crippen LogP contribution in [0.5, 0.6) is 11.5 Å². The molecule has 0 saturated carbocycles. The molecular formula is C29H21Cl2N3O5. The molecule has 0 aliphatic rings. The van der Waals surface area contributed by atoms with E-state index in [2.05, 4.69) is 15.8 Å². The van der Waals surface area contributed by atoms with E-state index in [1.165, 1.54) is 37.6 Å². The van der Waals surface area contributed by atoms with Gasteiger partial charge in [0.15, 0.2) is 0 Å². The van der Waals surface area contributed by atoms with Crippen LogP contribution < -0.4 is 20.2 Å². The molecule has 4 rings (SSSR count). The van der Waals surface area contributed by atoms with Crippen molar-refractivity contribution in [2.24, 2.45) is 5.10 Å². The van der Waals surface area contributed by atoms with Crippen molar-refractivity contribution in [3.63, 3.8) is 0 Å². The summed E-state index contributed by atoms with van der Waals surface area (Å²) in [5.74, 6) is -0.761. The van der Waals surface area contributed by atoms with Crippen LogP contribution in [0.2, 0.25) is 10.0 Å². The maximum atomic E-state index is 12.7. The lowest BCUT2D eigenvalue weighted by molar-refractivity contribution is 0.0734. The average molecular weight is 562 g/mol. The molecule has 0 heterocycles. The topological polar surface area (TPSA) is 106 Å². The van der Waals surface area contributed by atoms with Crippen LogP contribution in [0.25, 0.3) is 0 Å². The maximum absolute atomic E-state index is 12.7. The van der Waals surface area contributed by atoms with E-state index in [1.807, 2.05) is 0 Å². The van der Waals surface area contributed by atoms with Gasteiger partial charge in [-0.1, -0.05) is 47.5 Å². The van der Waals surface area contributed by atoms with Crippen LogP contribution >= 0.6 is 23.2 Å². The minimum atomic E-state index is -0.672. The number of methoxy groups -OCH3 is 1. The van der Waals surface area contributed by atoms with Crippen molar-refractivity contribution in [3.8, 4) is 11.5 Å². The molecule has 0 aliphatic heterocycles. The lowest BCUT2D eigenvalue weighted by Crippen LogP contribution is -2.18. The van der Waals surface area contributed by atoms with Crippen molar-refractivity contribution < 1.29 is 23.9 Å². The van der Waals surface area contributed by atoms with Crippen LogP contribution in [-0.4, -0.2) is 31.1 Å². The van der Waals surface area contributed by atoms with E-state index in [0.717, 1.165) is 0 Å². The van der Waals surface area contributed by atoms with Crippen molar-refractivity contribution in [1.82, 2.24) is 5.43 Å². The highest BCUT2D eigenvalue weighted by atomic mass is 35.5. The van der Waals surface area contributed by atoms with Gasteiger partial charge in [-0.05, 0) is 66.7 Å². The number of para-hydroxylation sites is 1. The number of nitrogens with zero attached hydrogens (tertiary/aromatic N) is 1. The number of ether oxygens (including phenoxy) is 2. The van der Waals surface area contributed by atoms with Crippen LogP contribution in [-0.2, 0) is 0 Å². The molecule has 0 spiro atoms. The summed E-state index contributed by atoms with van der Waals surface area (Å²) in [7, 11) is 1.52. The Bertz CT molecular complexity index is 1570. The summed E-state index contributed by atoms with van der Waals surface area (Å²) in [6.45, 7) is 0. The summed E-state index contributed by atoms with van der Waals surface area (Å²) in [6.07, 6.45) is 1.35. The van der Waals surface area contributed by atoms with Gasteiger partial charge in [0.25, 0.3) is 11.8 Å². The molecule has 0 aromatic heterocycles. The first-order chi connectivity index (χ1) is 18.8. The van der Waals surface area contributed by atoms with Gasteiger partial charge < -0.3 is 14.8 Å². The molecule has 0 fully saturated rings. The van der Waals surface area contributed by atoms with Crippen molar-refractivity contribution in [2.75, 3.05) is 12.4 Å². The highest BCUT2D eigenvalue weighted by Gasteiger charge is 2.15. The zero-order valence-electron chi connectivity index (χ0n) is 20.5. The minimum Gasteiger partial charge on any atom is -0.497 e. The normalized spacial score (nSPS) is 10.6. The van der Waals surface area contributed by atoms with Gasteiger partial charge in [-0.25, -0.2) is 10.2 Å². The molecule has 0 radical (unpaired) electrons. The number of amides is 2. The fraction of sp³-hybridized carbons (Fsp3) is 0.0345. The van der Waals surface area contributed by atoms with Gasteiger partial charge in [0.05, 0.1) is 23.9 Å². The molecule has 0 atom stereocenters. The Morgan fingerprint density at radius 2 is 1.56 bits per heavy atom. The van der Waals surface area contributed by atoms with Crippen LogP contribution in [0.1, 0.15) is 36.6 Å². The van der Waals surface area contributed by atoms with Crippen LogP contribution in [0, 0.1) is 0 Å². The Kier molecular flexibility index (Phi) is 8.94. The third-order valence-corrected chi connectivity index (χ3v) is 5.90. The number of carbonyl (C=O) groups excluding carboxylic acids is 3. The summed E-state index contributed by atoms with van der Waals surface area (Å²) < 4.78 is 10.6. The number of benzene rings is 4. The van der Waals surface area contributed by atoms with E-state index in [9.17, 15) is 14.4 Å².